The summed E-state index contributed by atoms with van der Waals surface area (Å²) < 4.78 is 6.45. The Morgan fingerprint density at radius 2 is 2.44 bits per heavy atom. The van der Waals surface area contributed by atoms with Crippen molar-refractivity contribution in [1.82, 2.24) is 9.55 Å². The van der Waals surface area contributed by atoms with Gasteiger partial charge >= 0.3 is 5.97 Å². The molecule has 0 spiro atoms. The smallest absolute Gasteiger partial charge is 0.309 e. The molecule has 0 amide bonds. The second kappa shape index (κ2) is 7.21. The SMILES string of the molecule is C=C(/C=C\C=NCc1cncn1C)CC(=O)OC. The van der Waals surface area contributed by atoms with Crippen LogP contribution in [0.25, 0.3) is 0 Å². The van der Waals surface area contributed by atoms with E-state index in [1.807, 2.05) is 11.6 Å². The van der Waals surface area contributed by atoms with Gasteiger partial charge in [0, 0.05) is 13.3 Å². The Labute approximate surface area is 107 Å². The molecule has 18 heavy (non-hydrogen) atoms. The predicted octanol–water partition coefficient (Wildman–Crippen LogP) is 1.67. The highest BCUT2D eigenvalue weighted by atomic mass is 16.5. The van der Waals surface area contributed by atoms with Gasteiger partial charge in [0.15, 0.2) is 0 Å². The van der Waals surface area contributed by atoms with Crippen LogP contribution in [0.1, 0.15) is 12.1 Å². The zero-order valence-electron chi connectivity index (χ0n) is 10.7. The lowest BCUT2D eigenvalue weighted by atomic mass is 10.2. The second-order valence-corrected chi connectivity index (χ2v) is 3.76. The highest BCUT2D eigenvalue weighted by Crippen LogP contribution is 2.01. The molecule has 0 unspecified atom stereocenters. The van der Waals surface area contributed by atoms with Gasteiger partial charge in [0.05, 0.1) is 38.3 Å². The van der Waals surface area contributed by atoms with E-state index in [1.54, 1.807) is 30.9 Å². The fourth-order valence-corrected chi connectivity index (χ4v) is 1.24. The molecule has 1 rings (SSSR count). The zero-order chi connectivity index (χ0) is 13.4. The van der Waals surface area contributed by atoms with Crippen LogP contribution in [0.2, 0.25) is 0 Å². The topological polar surface area (TPSA) is 56.5 Å². The van der Waals surface area contributed by atoms with Gasteiger partial charge in [-0.05, 0) is 11.6 Å². The number of hydrogen-bond acceptors (Lipinski definition) is 4. The number of hydrogen-bond donors (Lipinski definition) is 0. The molecule has 5 nitrogen and oxygen atoms in total. The third kappa shape index (κ3) is 4.78. The van der Waals surface area contributed by atoms with Crippen molar-refractivity contribution in [3.05, 3.63) is 42.5 Å². The van der Waals surface area contributed by atoms with E-state index in [9.17, 15) is 4.79 Å². The van der Waals surface area contributed by atoms with Crippen molar-refractivity contribution in [3.8, 4) is 0 Å². The largest absolute Gasteiger partial charge is 0.469 e. The first-order valence-electron chi connectivity index (χ1n) is 5.49. The summed E-state index contributed by atoms with van der Waals surface area (Å²) in [5.41, 5.74) is 1.72. The number of ether oxygens (including phenoxy) is 1. The molecule has 0 saturated carbocycles. The molecule has 0 atom stereocenters. The molecule has 0 aliphatic carbocycles. The van der Waals surface area contributed by atoms with Crippen molar-refractivity contribution in [2.24, 2.45) is 12.0 Å². The number of methoxy groups -OCH3 is 1. The summed E-state index contributed by atoms with van der Waals surface area (Å²) in [6, 6.07) is 0. The Morgan fingerprint density at radius 1 is 1.67 bits per heavy atom. The minimum Gasteiger partial charge on any atom is -0.469 e. The first kappa shape index (κ1) is 13.9. The molecule has 0 N–H and O–H groups in total. The lowest BCUT2D eigenvalue weighted by molar-refractivity contribution is -0.139. The van der Waals surface area contributed by atoms with Gasteiger partial charge in [-0.1, -0.05) is 12.7 Å². The van der Waals surface area contributed by atoms with Gasteiger partial charge in [-0.15, -0.1) is 0 Å². The molecular formula is C13H17N3O2. The first-order valence-corrected chi connectivity index (χ1v) is 5.49. The van der Waals surface area contributed by atoms with E-state index < -0.39 is 0 Å². The van der Waals surface area contributed by atoms with Crippen LogP contribution in [0.15, 0.2) is 41.8 Å². The standard InChI is InChI=1S/C13H17N3O2/c1-11(7-13(17)18-3)5-4-6-14-8-12-9-15-10-16(12)2/h4-6,9-10H,1,7-8H2,2-3H3/b5-4-,14-6?. The highest BCUT2D eigenvalue weighted by Gasteiger charge is 1.99. The van der Waals surface area contributed by atoms with E-state index in [-0.39, 0.29) is 12.4 Å². The van der Waals surface area contributed by atoms with Crippen molar-refractivity contribution >= 4 is 12.2 Å². The van der Waals surface area contributed by atoms with Gasteiger partial charge < -0.3 is 9.30 Å². The molecule has 0 aliphatic rings. The number of allylic oxidation sites excluding steroid dienone is 2. The minimum absolute atomic E-state index is 0.197. The van der Waals surface area contributed by atoms with Crippen LogP contribution in [-0.2, 0) is 23.1 Å². The summed E-state index contributed by atoms with van der Waals surface area (Å²) in [5, 5.41) is 0. The summed E-state index contributed by atoms with van der Waals surface area (Å²) in [5.74, 6) is -0.295. The lowest BCUT2D eigenvalue weighted by Gasteiger charge is -1.97. The van der Waals surface area contributed by atoms with Gasteiger partial charge in [0.1, 0.15) is 0 Å². The van der Waals surface area contributed by atoms with E-state index in [4.69, 9.17) is 0 Å². The first-order chi connectivity index (χ1) is 8.63. The fraction of sp³-hybridized carbons (Fsp3) is 0.308. The van der Waals surface area contributed by atoms with Crippen LogP contribution in [0.5, 0.6) is 0 Å². The van der Waals surface area contributed by atoms with E-state index >= 15 is 0 Å². The monoisotopic (exact) mass is 247 g/mol. The van der Waals surface area contributed by atoms with E-state index in [1.165, 1.54) is 7.11 Å². The molecule has 5 heteroatoms. The summed E-state index contributed by atoms with van der Waals surface area (Å²) >= 11 is 0. The third-order valence-corrected chi connectivity index (χ3v) is 2.29. The summed E-state index contributed by atoms with van der Waals surface area (Å²) in [6.45, 7) is 4.31. The average Bonchev–Trinajstić information content (AvgIpc) is 2.74. The highest BCUT2D eigenvalue weighted by molar-refractivity contribution is 5.75. The number of nitrogens with zero attached hydrogens (tertiary/aromatic N) is 3. The van der Waals surface area contributed by atoms with Crippen LogP contribution >= 0.6 is 0 Å². The normalized spacial score (nSPS) is 11.2. The van der Waals surface area contributed by atoms with E-state index in [2.05, 4.69) is 21.3 Å². The Hall–Kier alpha value is -2.17. The summed E-state index contributed by atoms with van der Waals surface area (Å²) in [7, 11) is 3.28. The third-order valence-electron chi connectivity index (χ3n) is 2.29. The molecule has 0 aliphatic heterocycles. The van der Waals surface area contributed by atoms with Crippen molar-refractivity contribution in [2.75, 3.05) is 7.11 Å². The lowest BCUT2D eigenvalue weighted by Crippen LogP contribution is -1.99. The summed E-state index contributed by atoms with van der Waals surface area (Å²) in [6.07, 6.45) is 8.87. The molecular weight excluding hydrogens is 230 g/mol. The molecule has 0 bridgehead atoms. The number of carbonyl (C=O) groups excluding carboxylic acids is 1. The molecule has 96 valence electrons. The molecule has 1 aromatic rings. The van der Waals surface area contributed by atoms with Crippen molar-refractivity contribution in [2.45, 2.75) is 13.0 Å². The fourth-order valence-electron chi connectivity index (χ4n) is 1.24. The predicted molar refractivity (Wildman–Crippen MR) is 70.3 cm³/mol. The second-order valence-electron chi connectivity index (χ2n) is 3.76. The van der Waals surface area contributed by atoms with Crippen LogP contribution in [0, 0.1) is 0 Å². The molecule has 1 heterocycles. The van der Waals surface area contributed by atoms with Gasteiger partial charge in [-0.2, -0.15) is 0 Å². The quantitative estimate of drug-likeness (QED) is 0.436. The number of rotatable bonds is 6. The van der Waals surface area contributed by atoms with Crippen LogP contribution < -0.4 is 0 Å². The maximum atomic E-state index is 10.9. The number of esters is 1. The number of imidazole rings is 1. The molecule has 0 saturated heterocycles. The number of aliphatic imine (C=N–C) groups is 1. The van der Waals surface area contributed by atoms with Crippen LogP contribution in [0.3, 0.4) is 0 Å². The maximum Gasteiger partial charge on any atom is 0.309 e. The van der Waals surface area contributed by atoms with Crippen molar-refractivity contribution in [1.29, 1.82) is 0 Å². The Kier molecular flexibility index (Phi) is 5.57. The number of carbonyl (C=O) groups is 1. The van der Waals surface area contributed by atoms with Crippen LogP contribution in [-0.4, -0.2) is 28.8 Å². The van der Waals surface area contributed by atoms with Gasteiger partial charge in [-0.25, -0.2) is 4.98 Å². The molecule has 1 aromatic heterocycles. The Balaban J connectivity index is 2.34. The van der Waals surface area contributed by atoms with Gasteiger partial charge in [0.25, 0.3) is 0 Å². The van der Waals surface area contributed by atoms with Crippen LogP contribution in [0.4, 0.5) is 0 Å². The molecule has 0 aromatic carbocycles. The van der Waals surface area contributed by atoms with Gasteiger partial charge in [0.2, 0.25) is 0 Å². The maximum absolute atomic E-state index is 10.9. The average molecular weight is 247 g/mol. The Bertz CT molecular complexity index is 472. The molecule has 0 radical (unpaired) electrons. The van der Waals surface area contributed by atoms with Crippen molar-refractivity contribution in [3.63, 3.8) is 0 Å². The number of aromatic nitrogens is 2. The Morgan fingerprint density at radius 3 is 3.06 bits per heavy atom. The zero-order valence-corrected chi connectivity index (χ0v) is 10.7. The van der Waals surface area contributed by atoms with Gasteiger partial charge in [-0.3, -0.25) is 9.79 Å². The summed E-state index contributed by atoms with van der Waals surface area (Å²) in [4.78, 5) is 19.2. The molecule has 0 fully saturated rings. The van der Waals surface area contributed by atoms with E-state index in [0.717, 1.165) is 5.69 Å². The van der Waals surface area contributed by atoms with Crippen molar-refractivity contribution < 1.29 is 9.53 Å². The van der Waals surface area contributed by atoms with E-state index in [0.29, 0.717) is 12.1 Å². The minimum atomic E-state index is -0.295. The number of aryl methyl sites for hydroxylation is 1.